The molecule has 0 saturated carbocycles. The van der Waals surface area contributed by atoms with Crippen molar-refractivity contribution in [1.29, 1.82) is 0 Å². The summed E-state index contributed by atoms with van der Waals surface area (Å²) in [6.45, 7) is 0. The van der Waals surface area contributed by atoms with Gasteiger partial charge in [-0.25, -0.2) is 4.79 Å². The van der Waals surface area contributed by atoms with Gasteiger partial charge < -0.3 is 15.2 Å². The van der Waals surface area contributed by atoms with Gasteiger partial charge in [-0.05, 0) is 35.9 Å². The van der Waals surface area contributed by atoms with E-state index in [1.807, 2.05) is 0 Å². The van der Waals surface area contributed by atoms with Gasteiger partial charge in [0.15, 0.2) is 0 Å². The lowest BCUT2D eigenvalue weighted by atomic mass is 10.0. The number of hydrogen-bond acceptors (Lipinski definition) is 4. The van der Waals surface area contributed by atoms with Crippen molar-refractivity contribution in [2.75, 3.05) is 12.4 Å². The summed E-state index contributed by atoms with van der Waals surface area (Å²) < 4.78 is 5.10. The third-order valence-electron chi connectivity index (χ3n) is 3.81. The van der Waals surface area contributed by atoms with Gasteiger partial charge in [0.1, 0.15) is 16.3 Å². The van der Waals surface area contributed by atoms with Crippen molar-refractivity contribution in [3.63, 3.8) is 0 Å². The number of carboxylic acid groups (broad SMARTS) is 1. The van der Waals surface area contributed by atoms with Crippen LogP contribution in [0.1, 0.15) is 20.7 Å². The summed E-state index contributed by atoms with van der Waals surface area (Å²) in [5, 5.41) is 15.0. The molecule has 1 heterocycles. The summed E-state index contributed by atoms with van der Waals surface area (Å²) in [5.74, 6) is -1.20. The summed E-state index contributed by atoms with van der Waals surface area (Å²) in [6, 6.07) is 11.5. The Morgan fingerprint density at radius 3 is 2.44 bits per heavy atom. The second kappa shape index (κ2) is 8.00. The zero-order chi connectivity index (χ0) is 19.6. The number of benzene rings is 2. The Bertz CT molecular complexity index is 1020. The molecule has 2 aromatic carbocycles. The maximum Gasteiger partial charge on any atom is 0.339 e. The van der Waals surface area contributed by atoms with Gasteiger partial charge in [-0.2, -0.15) is 0 Å². The van der Waals surface area contributed by atoms with E-state index in [1.165, 1.54) is 13.2 Å². The van der Waals surface area contributed by atoms with E-state index < -0.39 is 11.9 Å². The lowest BCUT2D eigenvalue weighted by molar-refractivity contribution is 0.0699. The average molecular weight is 422 g/mol. The summed E-state index contributed by atoms with van der Waals surface area (Å²) in [5.41, 5.74) is 1.38. The molecule has 0 spiro atoms. The molecule has 2 N–H and O–H groups in total. The molecule has 138 valence electrons. The predicted octanol–water partition coefficient (Wildman–Crippen LogP) is 5.68. The van der Waals surface area contributed by atoms with E-state index in [0.29, 0.717) is 21.9 Å². The zero-order valence-corrected chi connectivity index (χ0v) is 16.3. The van der Waals surface area contributed by atoms with E-state index in [2.05, 4.69) is 5.32 Å². The fraction of sp³-hybridized carbons (Fsp3) is 0.0526. The van der Waals surface area contributed by atoms with Crippen molar-refractivity contribution in [1.82, 2.24) is 0 Å². The van der Waals surface area contributed by atoms with Crippen LogP contribution in [0.5, 0.6) is 5.75 Å². The number of thiophene rings is 1. The van der Waals surface area contributed by atoms with E-state index in [1.54, 1.807) is 41.8 Å². The Morgan fingerprint density at radius 1 is 1.11 bits per heavy atom. The highest BCUT2D eigenvalue weighted by atomic mass is 35.5. The molecule has 0 fully saturated rings. The Kier molecular flexibility index (Phi) is 5.70. The van der Waals surface area contributed by atoms with Crippen molar-refractivity contribution in [2.24, 2.45) is 0 Å². The fourth-order valence-electron chi connectivity index (χ4n) is 2.48. The summed E-state index contributed by atoms with van der Waals surface area (Å²) >= 11 is 13.1. The van der Waals surface area contributed by atoms with Crippen LogP contribution in [0.15, 0.2) is 47.8 Å². The SMILES string of the molecule is COc1ccc(Cl)c(C(=O)Nc2scc(-c3ccc(Cl)cc3)c2C(=O)O)c1. The first kappa shape index (κ1) is 19.2. The van der Waals surface area contributed by atoms with Gasteiger partial charge in [0.25, 0.3) is 5.91 Å². The maximum atomic E-state index is 12.6. The highest BCUT2D eigenvalue weighted by Gasteiger charge is 2.22. The Labute approximate surface area is 169 Å². The third-order valence-corrected chi connectivity index (χ3v) is 5.28. The van der Waals surface area contributed by atoms with Gasteiger partial charge in [0.2, 0.25) is 0 Å². The van der Waals surface area contributed by atoms with Crippen molar-refractivity contribution < 1.29 is 19.4 Å². The quantitative estimate of drug-likeness (QED) is 0.555. The van der Waals surface area contributed by atoms with Crippen LogP contribution in [0.4, 0.5) is 5.00 Å². The van der Waals surface area contributed by atoms with E-state index in [4.69, 9.17) is 27.9 Å². The van der Waals surface area contributed by atoms with Crippen molar-refractivity contribution in [3.8, 4) is 16.9 Å². The Balaban J connectivity index is 1.97. The molecule has 0 aliphatic rings. The molecule has 0 bridgehead atoms. The number of rotatable bonds is 5. The van der Waals surface area contributed by atoms with Gasteiger partial charge in [-0.15, -0.1) is 11.3 Å². The largest absolute Gasteiger partial charge is 0.497 e. The summed E-state index contributed by atoms with van der Waals surface area (Å²) in [4.78, 5) is 24.4. The lowest BCUT2D eigenvalue weighted by Gasteiger charge is -2.09. The number of hydrogen-bond donors (Lipinski definition) is 2. The fourth-order valence-corrected chi connectivity index (χ4v) is 3.77. The predicted molar refractivity (Wildman–Crippen MR) is 108 cm³/mol. The number of carbonyl (C=O) groups excluding carboxylic acids is 1. The molecule has 1 aromatic heterocycles. The second-order valence-electron chi connectivity index (χ2n) is 5.47. The molecule has 8 heteroatoms. The number of anilines is 1. The van der Waals surface area contributed by atoms with E-state index >= 15 is 0 Å². The highest BCUT2D eigenvalue weighted by Crippen LogP contribution is 2.36. The van der Waals surface area contributed by atoms with Crippen LogP contribution in [0.3, 0.4) is 0 Å². The molecule has 27 heavy (non-hydrogen) atoms. The molecule has 3 rings (SSSR count). The highest BCUT2D eigenvalue weighted by molar-refractivity contribution is 7.15. The lowest BCUT2D eigenvalue weighted by Crippen LogP contribution is -2.14. The molecular weight excluding hydrogens is 409 g/mol. The van der Waals surface area contributed by atoms with Crippen LogP contribution in [0.25, 0.3) is 11.1 Å². The van der Waals surface area contributed by atoms with Crippen molar-refractivity contribution >= 4 is 51.4 Å². The van der Waals surface area contributed by atoms with Crippen molar-refractivity contribution in [3.05, 3.63) is 69.0 Å². The van der Waals surface area contributed by atoms with Gasteiger partial charge in [0.05, 0.1) is 17.7 Å². The van der Waals surface area contributed by atoms with Gasteiger partial charge in [-0.3, -0.25) is 4.79 Å². The first-order valence-electron chi connectivity index (χ1n) is 7.66. The van der Waals surface area contributed by atoms with Gasteiger partial charge in [-0.1, -0.05) is 35.3 Å². The monoisotopic (exact) mass is 421 g/mol. The number of halogens is 2. The summed E-state index contributed by atoms with van der Waals surface area (Å²) in [6.07, 6.45) is 0. The van der Waals surface area contributed by atoms with Crippen LogP contribution in [-0.4, -0.2) is 24.1 Å². The number of aromatic carboxylic acids is 1. The second-order valence-corrected chi connectivity index (χ2v) is 7.19. The zero-order valence-electron chi connectivity index (χ0n) is 14.0. The minimum absolute atomic E-state index is 0.00897. The Hall–Kier alpha value is -2.54. The minimum Gasteiger partial charge on any atom is -0.497 e. The molecule has 0 aliphatic carbocycles. The number of amides is 1. The van der Waals surface area contributed by atoms with Gasteiger partial charge in [0, 0.05) is 16.0 Å². The van der Waals surface area contributed by atoms with E-state index in [0.717, 1.165) is 11.3 Å². The van der Waals surface area contributed by atoms with Gasteiger partial charge >= 0.3 is 5.97 Å². The normalized spacial score (nSPS) is 10.5. The number of methoxy groups -OCH3 is 1. The molecule has 0 aliphatic heterocycles. The smallest absolute Gasteiger partial charge is 0.339 e. The minimum atomic E-state index is -1.15. The van der Waals surface area contributed by atoms with Crippen LogP contribution < -0.4 is 10.1 Å². The number of carbonyl (C=O) groups is 2. The molecule has 0 radical (unpaired) electrons. The van der Waals surface area contributed by atoms with Crippen LogP contribution >= 0.6 is 34.5 Å². The molecule has 1 amide bonds. The first-order chi connectivity index (χ1) is 12.9. The number of carboxylic acids is 1. The topological polar surface area (TPSA) is 75.6 Å². The van der Waals surface area contributed by atoms with Crippen LogP contribution in [0.2, 0.25) is 10.0 Å². The first-order valence-corrected chi connectivity index (χ1v) is 9.30. The average Bonchev–Trinajstić information content (AvgIpc) is 3.06. The maximum absolute atomic E-state index is 12.6. The molecular formula is C19H13Cl2NO4S. The Morgan fingerprint density at radius 2 is 1.81 bits per heavy atom. The summed E-state index contributed by atoms with van der Waals surface area (Å²) in [7, 11) is 1.48. The molecule has 0 saturated heterocycles. The van der Waals surface area contributed by atoms with Crippen LogP contribution in [0, 0.1) is 0 Å². The van der Waals surface area contributed by atoms with E-state index in [9.17, 15) is 14.7 Å². The number of nitrogens with one attached hydrogen (secondary N) is 1. The van der Waals surface area contributed by atoms with Crippen LogP contribution in [-0.2, 0) is 0 Å². The molecule has 5 nitrogen and oxygen atoms in total. The molecule has 0 atom stereocenters. The number of ether oxygens (including phenoxy) is 1. The van der Waals surface area contributed by atoms with Crippen molar-refractivity contribution in [2.45, 2.75) is 0 Å². The van der Waals surface area contributed by atoms with E-state index in [-0.39, 0.29) is 21.2 Å². The standard InChI is InChI=1S/C19H13Cl2NO4S/c1-26-12-6-7-15(21)13(8-12)17(23)22-18-16(19(24)25)14(9-27-18)10-2-4-11(20)5-3-10/h2-9H,1H3,(H,22,23)(H,24,25). The third kappa shape index (κ3) is 4.08. The molecule has 0 unspecified atom stereocenters. The molecule has 3 aromatic rings.